The number of carbonyl (C=O) groups is 2. The molecule has 1 heterocycles. The minimum atomic E-state index is -0.748. The second-order valence-corrected chi connectivity index (χ2v) is 5.75. The molecule has 0 radical (unpaired) electrons. The maximum atomic E-state index is 12.0. The summed E-state index contributed by atoms with van der Waals surface area (Å²) in [5.74, 6) is 0.302. The first-order valence-electron chi connectivity index (χ1n) is 6.30. The summed E-state index contributed by atoms with van der Waals surface area (Å²) in [7, 11) is 0. The van der Waals surface area contributed by atoms with Crippen molar-refractivity contribution in [2.24, 2.45) is 11.7 Å². The molecule has 1 saturated carbocycles. The Labute approximate surface area is 102 Å². The normalized spacial score (nSPS) is 32.8. The van der Waals surface area contributed by atoms with Gasteiger partial charge < -0.3 is 11.1 Å². The first kappa shape index (κ1) is 12.4. The summed E-state index contributed by atoms with van der Waals surface area (Å²) in [6.07, 6.45) is 4.02. The van der Waals surface area contributed by atoms with Crippen molar-refractivity contribution in [1.29, 1.82) is 0 Å². The largest absolute Gasteiger partial charge is 0.328 e. The molecule has 1 aliphatic carbocycles. The third-order valence-corrected chi connectivity index (χ3v) is 3.78. The number of hydrogen-bond acceptors (Lipinski definition) is 3. The van der Waals surface area contributed by atoms with Crippen LogP contribution in [-0.4, -0.2) is 35.0 Å². The molecule has 5 heteroatoms. The Hall–Kier alpha value is -1.10. The molecule has 0 bridgehead atoms. The number of carbonyl (C=O) groups excluding carboxylic acids is 2. The topological polar surface area (TPSA) is 75.4 Å². The molecule has 0 aromatic carbocycles. The lowest BCUT2D eigenvalue weighted by molar-refractivity contribution is -0.130. The quantitative estimate of drug-likeness (QED) is 0.701. The molecule has 17 heavy (non-hydrogen) atoms. The molecular weight excluding hydrogens is 218 g/mol. The van der Waals surface area contributed by atoms with Crippen LogP contribution in [0.4, 0.5) is 4.79 Å². The molecule has 0 unspecified atom stereocenters. The summed E-state index contributed by atoms with van der Waals surface area (Å²) < 4.78 is 0. The molecule has 0 spiro atoms. The third kappa shape index (κ3) is 2.44. The van der Waals surface area contributed by atoms with Gasteiger partial charge in [-0.2, -0.15) is 0 Å². The number of hydrogen-bond donors (Lipinski definition) is 2. The number of urea groups is 1. The van der Waals surface area contributed by atoms with E-state index in [0.717, 1.165) is 25.7 Å². The van der Waals surface area contributed by atoms with Gasteiger partial charge >= 0.3 is 6.03 Å². The van der Waals surface area contributed by atoms with E-state index in [1.807, 2.05) is 0 Å². The standard InChI is InChI=1S/C12H21N3O2/c1-12(2)10(16)15(11(17)14-12)7-8-3-5-9(13)6-4-8/h8-9H,3-7,13H2,1-2H3,(H,14,17). The molecule has 2 aliphatic rings. The van der Waals surface area contributed by atoms with Crippen molar-refractivity contribution in [3.63, 3.8) is 0 Å². The highest BCUT2D eigenvalue weighted by atomic mass is 16.2. The Bertz CT molecular complexity index is 333. The molecule has 96 valence electrons. The molecule has 0 aromatic rings. The first-order chi connectivity index (χ1) is 7.90. The van der Waals surface area contributed by atoms with E-state index in [-0.39, 0.29) is 11.9 Å². The van der Waals surface area contributed by atoms with E-state index in [2.05, 4.69) is 5.32 Å². The number of imide groups is 1. The van der Waals surface area contributed by atoms with Crippen molar-refractivity contribution in [1.82, 2.24) is 10.2 Å². The number of amides is 3. The molecule has 2 fully saturated rings. The van der Waals surface area contributed by atoms with E-state index in [9.17, 15) is 9.59 Å². The van der Waals surface area contributed by atoms with Gasteiger partial charge in [0, 0.05) is 12.6 Å². The monoisotopic (exact) mass is 239 g/mol. The second-order valence-electron chi connectivity index (χ2n) is 5.75. The van der Waals surface area contributed by atoms with Crippen molar-refractivity contribution in [3.05, 3.63) is 0 Å². The fourth-order valence-electron chi connectivity index (χ4n) is 2.61. The molecule has 1 aliphatic heterocycles. The summed E-state index contributed by atoms with van der Waals surface area (Å²) in [6.45, 7) is 4.02. The third-order valence-electron chi connectivity index (χ3n) is 3.78. The predicted molar refractivity (Wildman–Crippen MR) is 64.3 cm³/mol. The maximum Gasteiger partial charge on any atom is 0.325 e. The van der Waals surface area contributed by atoms with Gasteiger partial charge in [-0.15, -0.1) is 0 Å². The van der Waals surface area contributed by atoms with Crippen molar-refractivity contribution in [2.45, 2.75) is 51.1 Å². The van der Waals surface area contributed by atoms with Gasteiger partial charge in [-0.25, -0.2) is 4.79 Å². The summed E-state index contributed by atoms with van der Waals surface area (Å²) in [6, 6.07) is 0.0423. The minimum Gasteiger partial charge on any atom is -0.328 e. The van der Waals surface area contributed by atoms with Crippen LogP contribution < -0.4 is 11.1 Å². The smallest absolute Gasteiger partial charge is 0.325 e. The first-order valence-corrected chi connectivity index (χ1v) is 6.30. The molecule has 2 rings (SSSR count). The van der Waals surface area contributed by atoms with Crippen LogP contribution in [0.25, 0.3) is 0 Å². The SMILES string of the molecule is CC1(C)NC(=O)N(CC2CCC(N)CC2)C1=O. The van der Waals surface area contributed by atoms with Gasteiger partial charge in [0.2, 0.25) is 0 Å². The van der Waals surface area contributed by atoms with Gasteiger partial charge in [-0.3, -0.25) is 9.69 Å². The Morgan fingerprint density at radius 3 is 2.35 bits per heavy atom. The van der Waals surface area contributed by atoms with Crippen molar-refractivity contribution < 1.29 is 9.59 Å². The number of nitrogens with one attached hydrogen (secondary N) is 1. The van der Waals surface area contributed by atoms with Gasteiger partial charge in [-0.05, 0) is 45.4 Å². The van der Waals surface area contributed by atoms with Crippen molar-refractivity contribution in [2.75, 3.05) is 6.54 Å². The van der Waals surface area contributed by atoms with Crippen LogP contribution >= 0.6 is 0 Å². The van der Waals surface area contributed by atoms with E-state index in [0.29, 0.717) is 18.5 Å². The maximum absolute atomic E-state index is 12.0. The van der Waals surface area contributed by atoms with Crippen LogP contribution in [0.1, 0.15) is 39.5 Å². The summed E-state index contributed by atoms with van der Waals surface area (Å²) >= 11 is 0. The molecule has 0 aromatic heterocycles. The fourth-order valence-corrected chi connectivity index (χ4v) is 2.61. The number of nitrogens with two attached hydrogens (primary N) is 1. The molecule has 0 atom stereocenters. The zero-order valence-electron chi connectivity index (χ0n) is 10.5. The molecule has 3 amide bonds. The van der Waals surface area contributed by atoms with Gasteiger partial charge in [0.05, 0.1) is 0 Å². The van der Waals surface area contributed by atoms with Crippen LogP contribution in [-0.2, 0) is 4.79 Å². The lowest BCUT2D eigenvalue weighted by Crippen LogP contribution is -2.41. The average molecular weight is 239 g/mol. The summed E-state index contributed by atoms with van der Waals surface area (Å²) in [5, 5.41) is 2.70. The van der Waals surface area contributed by atoms with E-state index in [1.54, 1.807) is 13.8 Å². The van der Waals surface area contributed by atoms with Crippen LogP contribution in [0, 0.1) is 5.92 Å². The van der Waals surface area contributed by atoms with Gasteiger partial charge in [-0.1, -0.05) is 0 Å². The van der Waals surface area contributed by atoms with E-state index >= 15 is 0 Å². The Kier molecular flexibility index (Phi) is 3.12. The van der Waals surface area contributed by atoms with Gasteiger partial charge in [0.1, 0.15) is 5.54 Å². The molecule has 5 nitrogen and oxygen atoms in total. The van der Waals surface area contributed by atoms with Gasteiger partial charge in [0.25, 0.3) is 5.91 Å². The van der Waals surface area contributed by atoms with Gasteiger partial charge in [0.15, 0.2) is 0 Å². The lowest BCUT2D eigenvalue weighted by atomic mass is 9.86. The number of rotatable bonds is 2. The highest BCUT2D eigenvalue weighted by Crippen LogP contribution is 2.26. The molecular formula is C12H21N3O2. The van der Waals surface area contributed by atoms with E-state index in [4.69, 9.17) is 5.73 Å². The zero-order valence-corrected chi connectivity index (χ0v) is 10.5. The van der Waals surface area contributed by atoms with Crippen LogP contribution in [0.2, 0.25) is 0 Å². The lowest BCUT2D eigenvalue weighted by Gasteiger charge is -2.28. The van der Waals surface area contributed by atoms with Crippen molar-refractivity contribution >= 4 is 11.9 Å². The van der Waals surface area contributed by atoms with E-state index < -0.39 is 5.54 Å². The second kappa shape index (κ2) is 4.29. The summed E-state index contributed by atoms with van der Waals surface area (Å²) in [5.41, 5.74) is 5.10. The van der Waals surface area contributed by atoms with Crippen LogP contribution in [0.5, 0.6) is 0 Å². The van der Waals surface area contributed by atoms with Crippen molar-refractivity contribution in [3.8, 4) is 0 Å². The van der Waals surface area contributed by atoms with Crippen LogP contribution in [0.15, 0.2) is 0 Å². The van der Waals surface area contributed by atoms with Crippen LogP contribution in [0.3, 0.4) is 0 Å². The Balaban J connectivity index is 1.95. The highest BCUT2D eigenvalue weighted by Gasteiger charge is 2.44. The predicted octanol–water partition coefficient (Wildman–Crippen LogP) is 0.834. The number of nitrogens with zero attached hydrogens (tertiary/aromatic N) is 1. The highest BCUT2D eigenvalue weighted by molar-refractivity contribution is 6.06. The molecule has 1 saturated heterocycles. The Morgan fingerprint density at radius 2 is 1.88 bits per heavy atom. The zero-order chi connectivity index (χ0) is 12.6. The molecule has 3 N–H and O–H groups in total. The minimum absolute atomic E-state index is 0.114. The average Bonchev–Trinajstić information content (AvgIpc) is 2.44. The Morgan fingerprint density at radius 1 is 1.29 bits per heavy atom. The van der Waals surface area contributed by atoms with E-state index in [1.165, 1.54) is 4.90 Å². The fraction of sp³-hybridized carbons (Fsp3) is 0.833. The summed E-state index contributed by atoms with van der Waals surface area (Å²) in [4.78, 5) is 25.1.